The third-order valence-corrected chi connectivity index (χ3v) is 6.55. The second-order valence-electron chi connectivity index (χ2n) is 6.67. The number of thioether (sulfide) groups is 1. The molecule has 0 bridgehead atoms. The number of nitrogens with zero attached hydrogens (tertiary/aromatic N) is 2. The number of aliphatic imine (C=N–C) groups is 1. The van der Waals surface area contributed by atoms with Crippen molar-refractivity contribution < 1.29 is 9.47 Å². The van der Waals surface area contributed by atoms with E-state index >= 15 is 0 Å². The highest BCUT2D eigenvalue weighted by Gasteiger charge is 2.38. The van der Waals surface area contributed by atoms with E-state index in [0.717, 1.165) is 39.3 Å². The first-order chi connectivity index (χ1) is 12.5. The zero-order valence-corrected chi connectivity index (χ0v) is 18.2. The Morgan fingerprint density at radius 3 is 2.58 bits per heavy atom. The largest absolute Gasteiger partial charge is 0.380 e. The predicted molar refractivity (Wildman–Crippen MR) is 114 cm³/mol. The van der Waals surface area contributed by atoms with Crippen LogP contribution in [0, 0.1) is 0 Å². The fourth-order valence-corrected chi connectivity index (χ4v) is 4.62. The molecule has 0 saturated carbocycles. The number of nitrogens with one attached hydrogen (secondary N) is 1. The maximum absolute atomic E-state index is 5.87. The van der Waals surface area contributed by atoms with Gasteiger partial charge in [-0.2, -0.15) is 0 Å². The molecule has 1 N–H and O–H groups in total. The van der Waals surface area contributed by atoms with E-state index in [0.29, 0.717) is 0 Å². The van der Waals surface area contributed by atoms with E-state index in [2.05, 4.69) is 56.4 Å². The summed E-state index contributed by atoms with van der Waals surface area (Å²) in [4.78, 5) is 6.88. The molecule has 3 atom stereocenters. The van der Waals surface area contributed by atoms with Crippen molar-refractivity contribution in [3.63, 3.8) is 0 Å². The summed E-state index contributed by atoms with van der Waals surface area (Å²) < 4.78 is 11.2. The number of ether oxygens (including phenoxy) is 2. The lowest BCUT2D eigenvalue weighted by Gasteiger charge is -2.40. The van der Waals surface area contributed by atoms with Gasteiger partial charge in [-0.15, -0.1) is 11.8 Å². The summed E-state index contributed by atoms with van der Waals surface area (Å²) in [6.45, 7) is 19.1. The van der Waals surface area contributed by atoms with Gasteiger partial charge in [-0.25, -0.2) is 0 Å². The summed E-state index contributed by atoms with van der Waals surface area (Å²) in [6.07, 6.45) is 2.80. The van der Waals surface area contributed by atoms with E-state index in [-0.39, 0.29) is 16.9 Å². The van der Waals surface area contributed by atoms with Gasteiger partial charge >= 0.3 is 0 Å². The third-order valence-electron chi connectivity index (χ3n) is 5.24. The smallest absolute Gasteiger partial charge is 0.0754 e. The Morgan fingerprint density at radius 1 is 1.42 bits per heavy atom. The quantitative estimate of drug-likeness (QED) is 0.436. The van der Waals surface area contributed by atoms with Gasteiger partial charge in [0, 0.05) is 38.5 Å². The van der Waals surface area contributed by atoms with Crippen LogP contribution in [0.5, 0.6) is 0 Å². The van der Waals surface area contributed by atoms with Gasteiger partial charge in [0.15, 0.2) is 0 Å². The average Bonchev–Trinajstić information content (AvgIpc) is 2.67. The minimum Gasteiger partial charge on any atom is -0.380 e. The molecule has 2 unspecified atom stereocenters. The summed E-state index contributed by atoms with van der Waals surface area (Å²) in [6, 6.07) is 0.259. The molecule has 0 amide bonds. The first-order valence-electron chi connectivity index (χ1n) is 9.55. The first-order valence-corrected chi connectivity index (χ1v) is 10.4. The van der Waals surface area contributed by atoms with Gasteiger partial charge in [-0.1, -0.05) is 13.5 Å². The molecular formula is C20H37N3O2S. The van der Waals surface area contributed by atoms with Crippen molar-refractivity contribution in [1.29, 1.82) is 0 Å². The Labute approximate surface area is 164 Å². The number of hydrogen-bond donors (Lipinski definition) is 1. The Bertz CT molecular complexity index is 485. The number of morpholine rings is 1. The Hall–Kier alpha value is -0.820. The number of hydrogen-bond acceptors (Lipinski definition) is 6. The van der Waals surface area contributed by atoms with Crippen molar-refractivity contribution in [3.8, 4) is 0 Å². The van der Waals surface area contributed by atoms with Gasteiger partial charge < -0.3 is 14.8 Å². The highest BCUT2D eigenvalue weighted by atomic mass is 32.2. The van der Waals surface area contributed by atoms with Gasteiger partial charge in [-0.05, 0) is 45.9 Å². The molecule has 1 aliphatic heterocycles. The number of methoxy groups -OCH3 is 1. The standard InChI is InChI=1S/C20H37N3O2S/c1-8-18(24-7)20(6,26-15-21-9-2)16(4)19(22-10-3)17(5)23-11-13-25-14-12-23/h10,15,17-18,22H,3,8-9,11-14H2,1-2,4-7H3/b19-16-,21-15?/t17?,18?,20-/m1/s1. The lowest BCUT2D eigenvalue weighted by atomic mass is 9.89. The minimum absolute atomic E-state index is 0.0920. The van der Waals surface area contributed by atoms with Crippen molar-refractivity contribution in [3.05, 3.63) is 24.0 Å². The molecule has 0 aromatic heterocycles. The van der Waals surface area contributed by atoms with Gasteiger partial charge in [0.25, 0.3) is 0 Å². The van der Waals surface area contributed by atoms with Crippen molar-refractivity contribution in [2.24, 2.45) is 4.99 Å². The molecule has 0 aromatic carbocycles. The molecule has 1 heterocycles. The van der Waals surface area contributed by atoms with Crippen LogP contribution in [0.4, 0.5) is 0 Å². The molecule has 150 valence electrons. The summed E-state index contributed by atoms with van der Waals surface area (Å²) in [5.41, 5.74) is 4.44. The highest BCUT2D eigenvalue weighted by Crippen LogP contribution is 2.39. The summed E-state index contributed by atoms with van der Waals surface area (Å²) >= 11 is 1.74. The molecule has 0 aromatic rings. The third kappa shape index (κ3) is 5.84. The fourth-order valence-electron chi connectivity index (χ4n) is 3.48. The van der Waals surface area contributed by atoms with Gasteiger partial charge in [0.2, 0.25) is 0 Å². The minimum atomic E-state index is -0.214. The van der Waals surface area contributed by atoms with Gasteiger partial charge in [-0.3, -0.25) is 9.89 Å². The van der Waals surface area contributed by atoms with Crippen LogP contribution in [-0.2, 0) is 9.47 Å². The SMILES string of the molecule is C=CN/C(=C(/C)[C@@](C)(SC=NCC)C(CC)OC)C(C)N1CCOCC1. The van der Waals surface area contributed by atoms with Crippen LogP contribution in [-0.4, -0.2) is 67.3 Å². The van der Waals surface area contributed by atoms with Crippen molar-refractivity contribution in [1.82, 2.24) is 10.2 Å². The van der Waals surface area contributed by atoms with Crippen molar-refractivity contribution >= 4 is 17.3 Å². The summed E-state index contributed by atoms with van der Waals surface area (Å²) in [7, 11) is 1.79. The van der Waals surface area contributed by atoms with Gasteiger partial charge in [0.05, 0.1) is 29.6 Å². The molecule has 0 radical (unpaired) electrons. The average molecular weight is 384 g/mol. The van der Waals surface area contributed by atoms with E-state index in [1.807, 2.05) is 5.55 Å². The zero-order chi connectivity index (χ0) is 19.6. The van der Waals surface area contributed by atoms with Crippen molar-refractivity contribution in [2.75, 3.05) is 40.0 Å². The fraction of sp³-hybridized carbons (Fsp3) is 0.750. The van der Waals surface area contributed by atoms with Crippen LogP contribution in [0.25, 0.3) is 0 Å². The molecule has 6 heteroatoms. The maximum atomic E-state index is 5.87. The number of rotatable bonds is 11. The van der Waals surface area contributed by atoms with Gasteiger partial charge in [0.1, 0.15) is 0 Å². The van der Waals surface area contributed by atoms with E-state index in [1.54, 1.807) is 25.1 Å². The maximum Gasteiger partial charge on any atom is 0.0754 e. The molecule has 0 aliphatic carbocycles. The normalized spacial score (nSPS) is 21.8. The monoisotopic (exact) mass is 383 g/mol. The molecule has 0 spiro atoms. The highest BCUT2D eigenvalue weighted by molar-refractivity contribution is 8.13. The first kappa shape index (κ1) is 23.2. The Balaban J connectivity index is 3.29. The predicted octanol–water partition coefficient (Wildman–Crippen LogP) is 3.68. The molecule has 1 rings (SSSR count). The molecule has 1 saturated heterocycles. The van der Waals surface area contributed by atoms with Crippen LogP contribution in [0.2, 0.25) is 0 Å². The van der Waals surface area contributed by atoms with Crippen LogP contribution >= 0.6 is 11.8 Å². The van der Waals surface area contributed by atoms with E-state index in [4.69, 9.17) is 9.47 Å². The van der Waals surface area contributed by atoms with E-state index in [9.17, 15) is 0 Å². The van der Waals surface area contributed by atoms with Crippen molar-refractivity contribution in [2.45, 2.75) is 57.9 Å². The molecule has 1 fully saturated rings. The van der Waals surface area contributed by atoms with Crippen LogP contribution in [0.3, 0.4) is 0 Å². The molecule has 5 nitrogen and oxygen atoms in total. The lowest BCUT2D eigenvalue weighted by molar-refractivity contribution is 0.0254. The van der Waals surface area contributed by atoms with Crippen LogP contribution < -0.4 is 5.32 Å². The topological polar surface area (TPSA) is 46.1 Å². The van der Waals surface area contributed by atoms with E-state index < -0.39 is 0 Å². The molecule has 26 heavy (non-hydrogen) atoms. The second-order valence-corrected chi connectivity index (χ2v) is 7.97. The van der Waals surface area contributed by atoms with E-state index in [1.165, 1.54) is 11.3 Å². The molecular weight excluding hydrogens is 346 g/mol. The summed E-state index contributed by atoms with van der Waals surface area (Å²) in [5, 5.41) is 3.43. The Morgan fingerprint density at radius 2 is 2.08 bits per heavy atom. The second kappa shape index (κ2) is 11.8. The zero-order valence-electron chi connectivity index (χ0n) is 17.4. The van der Waals surface area contributed by atoms with Crippen LogP contribution in [0.1, 0.15) is 41.0 Å². The lowest BCUT2D eigenvalue weighted by Crippen LogP contribution is -2.47. The summed E-state index contributed by atoms with van der Waals surface area (Å²) in [5.74, 6) is 0. The molecule has 1 aliphatic rings. The van der Waals surface area contributed by atoms with Crippen LogP contribution in [0.15, 0.2) is 29.0 Å². The Kier molecular flexibility index (Phi) is 10.5.